The van der Waals surface area contributed by atoms with E-state index in [1.165, 1.54) is 4.88 Å². The van der Waals surface area contributed by atoms with E-state index in [4.69, 9.17) is 11.6 Å². The normalized spacial score (nSPS) is 11.8. The zero-order valence-corrected chi connectivity index (χ0v) is 11.6. The third-order valence-corrected chi connectivity index (χ3v) is 4.15. The first-order valence-electron chi connectivity index (χ1n) is 5.73. The third kappa shape index (κ3) is 3.04. The highest BCUT2D eigenvalue weighted by atomic mass is 35.5. The van der Waals surface area contributed by atoms with Crippen molar-refractivity contribution in [2.24, 2.45) is 0 Å². The molecule has 2 aromatic rings. The van der Waals surface area contributed by atoms with Crippen molar-refractivity contribution in [3.63, 3.8) is 0 Å². The van der Waals surface area contributed by atoms with Crippen LogP contribution in [0.15, 0.2) is 36.4 Å². The van der Waals surface area contributed by atoms with Gasteiger partial charge in [-0.15, -0.1) is 11.3 Å². The molecule has 0 radical (unpaired) electrons. The molecule has 0 aliphatic carbocycles. The number of rotatable bonds is 4. The minimum Gasteiger partial charge on any atom is -0.366 e. The van der Waals surface area contributed by atoms with Gasteiger partial charge >= 0.3 is 0 Å². The highest BCUT2D eigenvalue weighted by molar-refractivity contribution is 7.12. The molecule has 0 spiro atoms. The number of nitrogens with one attached hydrogen (secondary N) is 1. The number of benzene rings is 1. The molecular formula is C14H13ClN2S. The number of nitrogens with zero attached hydrogens (tertiary/aromatic N) is 1. The summed E-state index contributed by atoms with van der Waals surface area (Å²) >= 11 is 7.51. The summed E-state index contributed by atoms with van der Waals surface area (Å²) in [6.07, 6.45) is 1.00. The molecule has 0 amide bonds. The Morgan fingerprint density at radius 3 is 2.56 bits per heavy atom. The zero-order chi connectivity index (χ0) is 13.0. The first-order chi connectivity index (χ1) is 8.72. The fourth-order valence-corrected chi connectivity index (χ4v) is 2.69. The molecule has 0 saturated carbocycles. The van der Waals surface area contributed by atoms with Crippen LogP contribution in [0.1, 0.15) is 22.7 Å². The topological polar surface area (TPSA) is 35.8 Å². The van der Waals surface area contributed by atoms with E-state index in [2.05, 4.69) is 24.4 Å². The molecule has 0 fully saturated rings. The molecule has 1 aromatic heterocycles. The monoisotopic (exact) mass is 276 g/mol. The first kappa shape index (κ1) is 12.9. The van der Waals surface area contributed by atoms with Crippen molar-refractivity contribution in [3.8, 4) is 6.07 Å². The third-order valence-electron chi connectivity index (χ3n) is 2.60. The van der Waals surface area contributed by atoms with Crippen molar-refractivity contribution in [1.29, 1.82) is 5.26 Å². The molecule has 0 saturated heterocycles. The van der Waals surface area contributed by atoms with E-state index in [0.717, 1.165) is 17.0 Å². The first-order valence-corrected chi connectivity index (χ1v) is 6.92. The molecule has 1 heterocycles. The number of hydrogen-bond acceptors (Lipinski definition) is 3. The maximum atomic E-state index is 9.25. The number of anilines is 1. The van der Waals surface area contributed by atoms with E-state index in [1.807, 2.05) is 30.3 Å². The average Bonchev–Trinajstić information content (AvgIpc) is 2.87. The van der Waals surface area contributed by atoms with Crippen LogP contribution in [0.5, 0.6) is 0 Å². The van der Waals surface area contributed by atoms with Crippen LogP contribution < -0.4 is 5.32 Å². The summed E-state index contributed by atoms with van der Waals surface area (Å²) in [4.78, 5) is 2.34. The van der Waals surface area contributed by atoms with E-state index in [0.29, 0.717) is 5.02 Å². The molecule has 0 bridgehead atoms. The summed E-state index contributed by atoms with van der Waals surface area (Å²) in [5, 5.41) is 13.1. The molecule has 0 aliphatic heterocycles. The van der Waals surface area contributed by atoms with Crippen LogP contribution in [0.4, 0.5) is 5.69 Å². The summed E-state index contributed by atoms with van der Waals surface area (Å²) < 4.78 is 0. The van der Waals surface area contributed by atoms with Gasteiger partial charge in [0.2, 0.25) is 0 Å². The minimum atomic E-state index is -0.309. The van der Waals surface area contributed by atoms with Gasteiger partial charge in [0.1, 0.15) is 6.04 Å². The summed E-state index contributed by atoms with van der Waals surface area (Å²) in [7, 11) is 0. The Labute approximate surface area is 116 Å². The highest BCUT2D eigenvalue weighted by Crippen LogP contribution is 2.26. The van der Waals surface area contributed by atoms with Gasteiger partial charge in [-0.1, -0.05) is 18.5 Å². The molecule has 18 heavy (non-hydrogen) atoms. The van der Waals surface area contributed by atoms with Crippen molar-refractivity contribution in [2.45, 2.75) is 19.4 Å². The van der Waals surface area contributed by atoms with Crippen LogP contribution in [0.2, 0.25) is 5.02 Å². The second kappa shape index (κ2) is 5.90. The van der Waals surface area contributed by atoms with Gasteiger partial charge in [0.05, 0.1) is 6.07 Å². The molecule has 0 aliphatic rings. The van der Waals surface area contributed by atoms with Crippen LogP contribution in [-0.2, 0) is 6.42 Å². The van der Waals surface area contributed by atoms with Crippen molar-refractivity contribution in [3.05, 3.63) is 51.2 Å². The number of aryl methyl sites for hydroxylation is 1. The molecule has 1 N–H and O–H groups in total. The van der Waals surface area contributed by atoms with Gasteiger partial charge in [-0.05, 0) is 42.8 Å². The maximum absolute atomic E-state index is 9.25. The van der Waals surface area contributed by atoms with Gasteiger partial charge in [0, 0.05) is 20.5 Å². The quantitative estimate of drug-likeness (QED) is 0.883. The van der Waals surface area contributed by atoms with Gasteiger partial charge in [-0.2, -0.15) is 5.26 Å². The predicted octanol–water partition coefficient (Wildman–Crippen LogP) is 4.64. The SMILES string of the molecule is CCc1ccc(C(C#N)Nc2ccc(Cl)cc2)s1. The van der Waals surface area contributed by atoms with Crippen molar-refractivity contribution in [2.75, 3.05) is 5.32 Å². The number of hydrogen-bond donors (Lipinski definition) is 1. The predicted molar refractivity (Wildman–Crippen MR) is 77.1 cm³/mol. The molecule has 1 aromatic carbocycles. The lowest BCUT2D eigenvalue weighted by molar-refractivity contribution is 1.03. The van der Waals surface area contributed by atoms with E-state index in [1.54, 1.807) is 11.3 Å². The van der Waals surface area contributed by atoms with Gasteiger partial charge < -0.3 is 5.32 Å². The van der Waals surface area contributed by atoms with Gasteiger partial charge in [0.25, 0.3) is 0 Å². The number of thiophene rings is 1. The largest absolute Gasteiger partial charge is 0.366 e. The fourth-order valence-electron chi connectivity index (χ4n) is 1.62. The second-order valence-electron chi connectivity index (χ2n) is 3.87. The summed E-state index contributed by atoms with van der Waals surface area (Å²) in [5.41, 5.74) is 0.900. The van der Waals surface area contributed by atoms with E-state index >= 15 is 0 Å². The van der Waals surface area contributed by atoms with Crippen molar-refractivity contribution < 1.29 is 0 Å². The lowest BCUT2D eigenvalue weighted by atomic mass is 10.2. The summed E-state index contributed by atoms with van der Waals surface area (Å²) in [6.45, 7) is 2.11. The molecule has 4 heteroatoms. The lowest BCUT2D eigenvalue weighted by Gasteiger charge is -2.11. The lowest BCUT2D eigenvalue weighted by Crippen LogP contribution is -2.06. The Kier molecular flexibility index (Phi) is 4.24. The van der Waals surface area contributed by atoms with Gasteiger partial charge in [-0.25, -0.2) is 0 Å². The molecular weight excluding hydrogens is 264 g/mol. The van der Waals surface area contributed by atoms with Crippen molar-refractivity contribution in [1.82, 2.24) is 0 Å². The maximum Gasteiger partial charge on any atom is 0.149 e. The van der Waals surface area contributed by atoms with Crippen LogP contribution in [0.25, 0.3) is 0 Å². The second-order valence-corrected chi connectivity index (χ2v) is 5.51. The summed E-state index contributed by atoms with van der Waals surface area (Å²) in [5.74, 6) is 0. The van der Waals surface area contributed by atoms with Gasteiger partial charge in [-0.3, -0.25) is 0 Å². The minimum absolute atomic E-state index is 0.309. The Hall–Kier alpha value is -1.50. The summed E-state index contributed by atoms with van der Waals surface area (Å²) in [6, 6.07) is 13.4. The number of nitriles is 1. The Bertz CT molecular complexity index is 554. The van der Waals surface area contributed by atoms with E-state index in [-0.39, 0.29) is 6.04 Å². The van der Waals surface area contributed by atoms with Crippen LogP contribution in [0.3, 0.4) is 0 Å². The van der Waals surface area contributed by atoms with Crippen LogP contribution >= 0.6 is 22.9 Å². The molecule has 1 atom stereocenters. The van der Waals surface area contributed by atoms with Crippen LogP contribution in [-0.4, -0.2) is 0 Å². The fraction of sp³-hybridized carbons (Fsp3) is 0.214. The Morgan fingerprint density at radius 2 is 2.00 bits per heavy atom. The zero-order valence-electron chi connectivity index (χ0n) is 9.98. The molecule has 2 nitrogen and oxygen atoms in total. The molecule has 1 unspecified atom stereocenters. The van der Waals surface area contributed by atoms with Crippen molar-refractivity contribution >= 4 is 28.6 Å². The standard InChI is InChI=1S/C14H13ClN2S/c1-2-12-7-8-14(18-12)13(9-16)17-11-5-3-10(15)4-6-11/h3-8,13,17H,2H2,1H3. The van der Waals surface area contributed by atoms with Gasteiger partial charge in [0.15, 0.2) is 0 Å². The Morgan fingerprint density at radius 1 is 1.28 bits per heavy atom. The highest BCUT2D eigenvalue weighted by Gasteiger charge is 2.12. The Balaban J connectivity index is 2.14. The van der Waals surface area contributed by atoms with E-state index in [9.17, 15) is 5.26 Å². The molecule has 92 valence electrons. The molecule has 2 rings (SSSR count). The smallest absolute Gasteiger partial charge is 0.149 e. The van der Waals surface area contributed by atoms with E-state index < -0.39 is 0 Å². The number of halogens is 1. The van der Waals surface area contributed by atoms with Crippen LogP contribution in [0, 0.1) is 11.3 Å². The average molecular weight is 277 g/mol.